The van der Waals surface area contributed by atoms with E-state index >= 15 is 0 Å². The highest BCUT2D eigenvalue weighted by Gasteiger charge is 2.19. The standard InChI is InChI=1S/C20H17FN4O/c21-14-5-3-13(4-6-14)18-19(25-16-2-1-9-24-20(16)18)15-7-10-23-12-17(15)26-11-8-22/h1-7,9-10,12,25H,8,11,22H2. The molecule has 0 unspecified atom stereocenters. The molecule has 0 bridgehead atoms. The molecule has 3 N–H and O–H groups in total. The zero-order valence-electron chi connectivity index (χ0n) is 13.9. The summed E-state index contributed by atoms with van der Waals surface area (Å²) < 4.78 is 19.2. The smallest absolute Gasteiger partial charge is 0.146 e. The van der Waals surface area contributed by atoms with E-state index in [9.17, 15) is 4.39 Å². The summed E-state index contributed by atoms with van der Waals surface area (Å²) in [6, 6.07) is 12.1. The van der Waals surface area contributed by atoms with E-state index in [2.05, 4.69) is 15.0 Å². The molecule has 6 heteroatoms. The predicted octanol–water partition coefficient (Wildman–Crippen LogP) is 3.77. The molecule has 4 rings (SSSR count). The lowest BCUT2D eigenvalue weighted by Gasteiger charge is -2.11. The normalized spacial score (nSPS) is 11.0. The van der Waals surface area contributed by atoms with Gasteiger partial charge >= 0.3 is 0 Å². The molecule has 0 atom stereocenters. The summed E-state index contributed by atoms with van der Waals surface area (Å²) in [5.41, 5.74) is 10.7. The third kappa shape index (κ3) is 2.91. The summed E-state index contributed by atoms with van der Waals surface area (Å²) in [4.78, 5) is 12.1. The molecule has 0 amide bonds. The Bertz CT molecular complexity index is 1040. The van der Waals surface area contributed by atoms with Gasteiger partial charge in [0.05, 0.1) is 22.9 Å². The van der Waals surface area contributed by atoms with Crippen molar-refractivity contribution in [2.45, 2.75) is 0 Å². The Labute approximate surface area is 149 Å². The molecule has 0 aliphatic rings. The molecule has 0 aliphatic carbocycles. The topological polar surface area (TPSA) is 76.8 Å². The Balaban J connectivity index is 1.96. The number of ether oxygens (including phenoxy) is 1. The van der Waals surface area contributed by atoms with Crippen LogP contribution in [0.25, 0.3) is 33.4 Å². The van der Waals surface area contributed by atoms with Crippen molar-refractivity contribution in [3.63, 3.8) is 0 Å². The zero-order chi connectivity index (χ0) is 17.9. The number of benzene rings is 1. The minimum absolute atomic E-state index is 0.279. The van der Waals surface area contributed by atoms with Crippen LogP contribution < -0.4 is 10.5 Å². The van der Waals surface area contributed by atoms with Crippen LogP contribution in [-0.2, 0) is 0 Å². The van der Waals surface area contributed by atoms with Gasteiger partial charge in [-0.1, -0.05) is 12.1 Å². The monoisotopic (exact) mass is 348 g/mol. The van der Waals surface area contributed by atoms with Gasteiger partial charge < -0.3 is 15.5 Å². The highest BCUT2D eigenvalue weighted by atomic mass is 19.1. The molecule has 3 aromatic heterocycles. The lowest BCUT2D eigenvalue weighted by atomic mass is 10.0. The van der Waals surface area contributed by atoms with E-state index in [0.29, 0.717) is 18.9 Å². The fourth-order valence-corrected chi connectivity index (χ4v) is 2.99. The van der Waals surface area contributed by atoms with Crippen LogP contribution in [0.4, 0.5) is 4.39 Å². The Hall–Kier alpha value is -3.25. The number of fused-ring (bicyclic) bond motifs is 1. The lowest BCUT2D eigenvalue weighted by Crippen LogP contribution is -2.11. The van der Waals surface area contributed by atoms with E-state index in [1.165, 1.54) is 12.1 Å². The van der Waals surface area contributed by atoms with Crippen LogP contribution in [0.15, 0.2) is 61.1 Å². The van der Waals surface area contributed by atoms with Crippen LogP contribution >= 0.6 is 0 Å². The van der Waals surface area contributed by atoms with Crippen LogP contribution in [0, 0.1) is 5.82 Å². The molecule has 0 saturated heterocycles. The first kappa shape index (κ1) is 16.2. The number of nitrogens with zero attached hydrogens (tertiary/aromatic N) is 2. The summed E-state index contributed by atoms with van der Waals surface area (Å²) in [6.45, 7) is 0.802. The third-order valence-corrected chi connectivity index (χ3v) is 4.12. The summed E-state index contributed by atoms with van der Waals surface area (Å²) in [7, 11) is 0. The molecule has 5 nitrogen and oxygen atoms in total. The zero-order valence-corrected chi connectivity index (χ0v) is 13.9. The maximum atomic E-state index is 13.4. The predicted molar refractivity (Wildman–Crippen MR) is 99.3 cm³/mol. The molecular formula is C20H17FN4O. The number of pyridine rings is 2. The van der Waals surface area contributed by atoms with Gasteiger partial charge in [-0.2, -0.15) is 0 Å². The van der Waals surface area contributed by atoms with Crippen molar-refractivity contribution in [3.8, 4) is 28.1 Å². The number of H-pyrrole nitrogens is 1. The molecule has 0 aliphatic heterocycles. The van der Waals surface area contributed by atoms with Gasteiger partial charge in [-0.05, 0) is 35.9 Å². The lowest BCUT2D eigenvalue weighted by molar-refractivity contribution is 0.328. The van der Waals surface area contributed by atoms with Crippen molar-refractivity contribution in [3.05, 3.63) is 66.9 Å². The Morgan fingerprint density at radius 1 is 1.08 bits per heavy atom. The Morgan fingerprint density at radius 2 is 1.92 bits per heavy atom. The summed E-state index contributed by atoms with van der Waals surface area (Å²) in [5, 5.41) is 0. The second-order valence-corrected chi connectivity index (χ2v) is 5.79. The molecule has 0 spiro atoms. The van der Waals surface area contributed by atoms with E-state index in [1.54, 1.807) is 30.7 Å². The molecule has 26 heavy (non-hydrogen) atoms. The number of hydrogen-bond acceptors (Lipinski definition) is 4. The van der Waals surface area contributed by atoms with Crippen LogP contribution in [-0.4, -0.2) is 28.1 Å². The van der Waals surface area contributed by atoms with E-state index in [-0.39, 0.29) is 5.82 Å². The molecular weight excluding hydrogens is 331 g/mol. The van der Waals surface area contributed by atoms with Crippen LogP contribution in [0.2, 0.25) is 0 Å². The second-order valence-electron chi connectivity index (χ2n) is 5.79. The molecule has 1 aromatic carbocycles. The van der Waals surface area contributed by atoms with E-state index in [1.807, 2.05) is 18.2 Å². The minimum Gasteiger partial charge on any atom is -0.490 e. The number of nitrogens with two attached hydrogens (primary N) is 1. The molecule has 0 radical (unpaired) electrons. The quantitative estimate of drug-likeness (QED) is 0.576. The van der Waals surface area contributed by atoms with E-state index in [0.717, 1.165) is 33.4 Å². The fraction of sp³-hybridized carbons (Fsp3) is 0.100. The van der Waals surface area contributed by atoms with Gasteiger partial charge in [0.25, 0.3) is 0 Å². The maximum Gasteiger partial charge on any atom is 0.146 e. The first-order valence-electron chi connectivity index (χ1n) is 8.28. The number of hydrogen-bond donors (Lipinski definition) is 2. The number of nitrogens with one attached hydrogen (secondary N) is 1. The van der Waals surface area contributed by atoms with Crippen molar-refractivity contribution < 1.29 is 9.13 Å². The highest BCUT2D eigenvalue weighted by Crippen LogP contribution is 2.40. The van der Waals surface area contributed by atoms with Gasteiger partial charge in [0, 0.05) is 30.1 Å². The summed E-state index contributed by atoms with van der Waals surface area (Å²) in [5.74, 6) is 0.354. The Morgan fingerprint density at radius 3 is 2.73 bits per heavy atom. The average Bonchev–Trinajstić information content (AvgIpc) is 3.06. The largest absolute Gasteiger partial charge is 0.490 e. The fourth-order valence-electron chi connectivity index (χ4n) is 2.99. The van der Waals surface area contributed by atoms with Crippen molar-refractivity contribution in [1.82, 2.24) is 15.0 Å². The van der Waals surface area contributed by atoms with E-state index in [4.69, 9.17) is 10.5 Å². The second kappa shape index (κ2) is 6.93. The van der Waals surface area contributed by atoms with Gasteiger partial charge in [-0.25, -0.2) is 4.39 Å². The number of halogens is 1. The van der Waals surface area contributed by atoms with Gasteiger partial charge in [0.15, 0.2) is 0 Å². The van der Waals surface area contributed by atoms with Crippen molar-refractivity contribution in [1.29, 1.82) is 0 Å². The molecule has 0 saturated carbocycles. The van der Waals surface area contributed by atoms with Crippen molar-refractivity contribution in [2.75, 3.05) is 13.2 Å². The molecule has 4 aromatic rings. The first-order valence-corrected chi connectivity index (χ1v) is 8.28. The number of aromatic nitrogens is 3. The Kier molecular flexibility index (Phi) is 4.33. The average molecular weight is 348 g/mol. The van der Waals surface area contributed by atoms with Gasteiger partial charge in [0.2, 0.25) is 0 Å². The van der Waals surface area contributed by atoms with Gasteiger partial charge in [0.1, 0.15) is 18.2 Å². The maximum absolute atomic E-state index is 13.4. The van der Waals surface area contributed by atoms with Gasteiger partial charge in [-0.15, -0.1) is 0 Å². The first-order chi connectivity index (χ1) is 12.8. The van der Waals surface area contributed by atoms with E-state index < -0.39 is 0 Å². The van der Waals surface area contributed by atoms with Crippen LogP contribution in [0.3, 0.4) is 0 Å². The third-order valence-electron chi connectivity index (χ3n) is 4.12. The van der Waals surface area contributed by atoms with Crippen LogP contribution in [0.1, 0.15) is 0 Å². The highest BCUT2D eigenvalue weighted by molar-refractivity contribution is 6.02. The number of rotatable bonds is 5. The molecule has 130 valence electrons. The SMILES string of the molecule is NCCOc1cnccc1-c1[nH]c2cccnc2c1-c1ccc(F)cc1. The van der Waals surface area contributed by atoms with Crippen molar-refractivity contribution in [2.24, 2.45) is 5.73 Å². The summed E-state index contributed by atoms with van der Waals surface area (Å²) >= 11 is 0. The number of aromatic amines is 1. The summed E-state index contributed by atoms with van der Waals surface area (Å²) in [6.07, 6.45) is 5.11. The van der Waals surface area contributed by atoms with Crippen molar-refractivity contribution >= 4 is 11.0 Å². The minimum atomic E-state index is -0.279. The van der Waals surface area contributed by atoms with Gasteiger partial charge in [-0.3, -0.25) is 9.97 Å². The molecule has 0 fully saturated rings. The van der Waals surface area contributed by atoms with Crippen LogP contribution in [0.5, 0.6) is 5.75 Å². The molecule has 3 heterocycles.